The molecule has 2 aromatic carbocycles. The fourth-order valence-electron chi connectivity index (χ4n) is 1.95. The lowest BCUT2D eigenvalue weighted by molar-refractivity contribution is 0.230. The second-order valence-electron chi connectivity index (χ2n) is 3.95. The lowest BCUT2D eigenvalue weighted by Gasteiger charge is -2.19. The Hall–Kier alpha value is -0.670. The molecule has 102 valence electrons. The lowest BCUT2D eigenvalue weighted by Crippen LogP contribution is -2.12. The van der Waals surface area contributed by atoms with Gasteiger partial charge in [0, 0.05) is 4.47 Å². The minimum atomic E-state index is -3.26. The number of fused-ring (bicyclic) bond motifs is 1. The van der Waals surface area contributed by atoms with Gasteiger partial charge in [-0.1, -0.05) is 30.3 Å². The van der Waals surface area contributed by atoms with Crippen molar-refractivity contribution >= 4 is 39.6 Å². The van der Waals surface area contributed by atoms with Crippen molar-refractivity contribution in [3.05, 3.63) is 40.9 Å². The molecule has 3 nitrogen and oxygen atoms in total. The van der Waals surface area contributed by atoms with Gasteiger partial charge in [0.1, 0.15) is 0 Å². The highest BCUT2D eigenvalue weighted by molar-refractivity contribution is 9.11. The molecule has 0 fully saturated rings. The van der Waals surface area contributed by atoms with Gasteiger partial charge in [-0.25, -0.2) is 0 Å². The van der Waals surface area contributed by atoms with Crippen LogP contribution < -0.4 is 5.30 Å². The molecule has 0 unspecified atom stereocenters. The van der Waals surface area contributed by atoms with Crippen LogP contribution in [0, 0.1) is 0 Å². The zero-order valence-electron chi connectivity index (χ0n) is 10.9. The highest BCUT2D eigenvalue weighted by atomic mass is 79.9. The van der Waals surface area contributed by atoms with Crippen molar-refractivity contribution in [3.8, 4) is 0 Å². The van der Waals surface area contributed by atoms with Gasteiger partial charge < -0.3 is 9.05 Å². The monoisotopic (exact) mass is 342 g/mol. The molecule has 0 bridgehead atoms. The third-order valence-electron chi connectivity index (χ3n) is 2.74. The zero-order chi connectivity index (χ0) is 13.9. The van der Waals surface area contributed by atoms with Crippen molar-refractivity contribution in [2.75, 3.05) is 13.2 Å². The van der Waals surface area contributed by atoms with E-state index in [2.05, 4.69) is 15.9 Å². The van der Waals surface area contributed by atoms with Crippen LogP contribution in [-0.4, -0.2) is 13.2 Å². The summed E-state index contributed by atoms with van der Waals surface area (Å²) in [5, 5.41) is 2.66. The van der Waals surface area contributed by atoms with Crippen molar-refractivity contribution in [1.29, 1.82) is 0 Å². The molecule has 0 radical (unpaired) electrons. The maximum Gasteiger partial charge on any atom is 0.362 e. The molecule has 0 saturated heterocycles. The Morgan fingerprint density at radius 1 is 1.05 bits per heavy atom. The predicted octanol–water partition coefficient (Wildman–Crippen LogP) is 4.49. The van der Waals surface area contributed by atoms with E-state index in [0.717, 1.165) is 15.2 Å². The van der Waals surface area contributed by atoms with E-state index in [4.69, 9.17) is 9.05 Å². The molecule has 2 aromatic rings. The number of hydrogen-bond donors (Lipinski definition) is 0. The van der Waals surface area contributed by atoms with E-state index in [1.165, 1.54) is 0 Å². The summed E-state index contributed by atoms with van der Waals surface area (Å²) < 4.78 is 24.4. The molecule has 0 saturated carbocycles. The van der Waals surface area contributed by atoms with Crippen LogP contribution in [0.1, 0.15) is 13.8 Å². The van der Waals surface area contributed by atoms with Crippen LogP contribution in [0.15, 0.2) is 40.9 Å². The maximum absolute atomic E-state index is 12.8. The average molecular weight is 343 g/mol. The standard InChI is InChI=1S/C14H16BrO3P/c1-3-17-19(16,18-4-2)13-10-9-11-7-5-6-8-12(11)14(13)15/h5-10H,3-4H2,1-2H3. The molecular weight excluding hydrogens is 327 g/mol. The third kappa shape index (κ3) is 2.92. The Balaban J connectivity index is 2.60. The summed E-state index contributed by atoms with van der Waals surface area (Å²) in [6.07, 6.45) is 0. The smallest absolute Gasteiger partial charge is 0.305 e. The molecule has 0 aliphatic heterocycles. The van der Waals surface area contributed by atoms with E-state index in [0.29, 0.717) is 18.5 Å². The second-order valence-corrected chi connectivity index (χ2v) is 6.74. The molecule has 0 amide bonds. The van der Waals surface area contributed by atoms with Crippen molar-refractivity contribution < 1.29 is 13.6 Å². The maximum atomic E-state index is 12.8. The van der Waals surface area contributed by atoms with E-state index in [9.17, 15) is 4.57 Å². The first-order valence-corrected chi connectivity index (χ1v) is 8.53. The summed E-state index contributed by atoms with van der Waals surface area (Å²) in [6, 6.07) is 11.6. The minimum absolute atomic E-state index is 0.344. The summed E-state index contributed by atoms with van der Waals surface area (Å²) in [7, 11) is -3.26. The largest absolute Gasteiger partial charge is 0.362 e. The minimum Gasteiger partial charge on any atom is -0.305 e. The van der Waals surface area contributed by atoms with Gasteiger partial charge in [-0.3, -0.25) is 4.57 Å². The van der Waals surface area contributed by atoms with Crippen molar-refractivity contribution in [3.63, 3.8) is 0 Å². The first kappa shape index (κ1) is 14.7. The highest BCUT2D eigenvalue weighted by Gasteiger charge is 2.29. The van der Waals surface area contributed by atoms with Crippen molar-refractivity contribution in [2.24, 2.45) is 0 Å². The van der Waals surface area contributed by atoms with Gasteiger partial charge in [0.15, 0.2) is 0 Å². The topological polar surface area (TPSA) is 35.5 Å². The van der Waals surface area contributed by atoms with E-state index in [1.54, 1.807) is 19.9 Å². The predicted molar refractivity (Wildman–Crippen MR) is 82.1 cm³/mol. The summed E-state index contributed by atoms with van der Waals surface area (Å²) in [6.45, 7) is 4.30. The fraction of sp³-hybridized carbons (Fsp3) is 0.286. The molecule has 0 aromatic heterocycles. The van der Waals surface area contributed by atoms with E-state index in [1.807, 2.05) is 30.3 Å². The summed E-state index contributed by atoms with van der Waals surface area (Å²) in [4.78, 5) is 0. The second kappa shape index (κ2) is 6.19. The van der Waals surface area contributed by atoms with Gasteiger partial charge >= 0.3 is 7.60 Å². The molecule has 0 atom stereocenters. The molecule has 0 aliphatic carbocycles. The Morgan fingerprint density at radius 2 is 1.68 bits per heavy atom. The van der Waals surface area contributed by atoms with Crippen LogP contribution in [-0.2, 0) is 13.6 Å². The Bertz CT molecular complexity index is 617. The van der Waals surface area contributed by atoms with Crippen LogP contribution in [0.25, 0.3) is 10.8 Å². The molecule has 5 heteroatoms. The number of hydrogen-bond acceptors (Lipinski definition) is 3. The van der Waals surface area contributed by atoms with Crippen LogP contribution in [0.3, 0.4) is 0 Å². The number of benzene rings is 2. The van der Waals surface area contributed by atoms with Gasteiger partial charge in [0.05, 0.1) is 18.5 Å². The lowest BCUT2D eigenvalue weighted by atomic mass is 10.1. The Morgan fingerprint density at radius 3 is 2.32 bits per heavy atom. The van der Waals surface area contributed by atoms with Gasteiger partial charge in [0.2, 0.25) is 0 Å². The number of halogens is 1. The molecular formula is C14H16BrO3P. The van der Waals surface area contributed by atoms with Crippen LogP contribution in [0.2, 0.25) is 0 Å². The SMILES string of the molecule is CCOP(=O)(OCC)c1ccc2ccccc2c1Br. The van der Waals surface area contributed by atoms with Gasteiger partial charge in [-0.2, -0.15) is 0 Å². The van der Waals surface area contributed by atoms with Crippen LogP contribution in [0.4, 0.5) is 0 Å². The van der Waals surface area contributed by atoms with Crippen molar-refractivity contribution in [1.82, 2.24) is 0 Å². The number of rotatable bonds is 5. The molecule has 0 heterocycles. The summed E-state index contributed by atoms with van der Waals surface area (Å²) in [5.41, 5.74) is 0. The Labute approximate surface area is 121 Å². The van der Waals surface area contributed by atoms with Crippen molar-refractivity contribution in [2.45, 2.75) is 13.8 Å². The summed E-state index contributed by atoms with van der Waals surface area (Å²) >= 11 is 3.53. The third-order valence-corrected chi connectivity index (χ3v) is 6.06. The first-order chi connectivity index (χ1) is 9.12. The molecule has 0 spiro atoms. The fourth-order valence-corrected chi connectivity index (χ4v) is 4.75. The van der Waals surface area contributed by atoms with E-state index in [-0.39, 0.29) is 0 Å². The van der Waals surface area contributed by atoms with Gasteiger partial charge in [-0.15, -0.1) is 0 Å². The Kier molecular flexibility index (Phi) is 4.80. The van der Waals surface area contributed by atoms with E-state index >= 15 is 0 Å². The highest BCUT2D eigenvalue weighted by Crippen LogP contribution is 2.49. The molecule has 0 aliphatic rings. The molecule has 2 rings (SSSR count). The van der Waals surface area contributed by atoms with Gasteiger partial charge in [-0.05, 0) is 46.6 Å². The van der Waals surface area contributed by atoms with Gasteiger partial charge in [0.25, 0.3) is 0 Å². The van der Waals surface area contributed by atoms with Crippen LogP contribution in [0.5, 0.6) is 0 Å². The first-order valence-electron chi connectivity index (χ1n) is 6.19. The summed E-state index contributed by atoms with van der Waals surface area (Å²) in [5.74, 6) is 0. The molecule has 19 heavy (non-hydrogen) atoms. The average Bonchev–Trinajstić information content (AvgIpc) is 2.40. The van der Waals surface area contributed by atoms with Crippen LogP contribution >= 0.6 is 23.5 Å². The zero-order valence-corrected chi connectivity index (χ0v) is 13.4. The normalized spacial score (nSPS) is 11.9. The quantitative estimate of drug-likeness (QED) is 0.750. The van der Waals surface area contributed by atoms with E-state index < -0.39 is 7.60 Å². The molecule has 0 N–H and O–H groups in total.